The summed E-state index contributed by atoms with van der Waals surface area (Å²) >= 11 is 0. The quantitative estimate of drug-likeness (QED) is 0.862. The number of rotatable bonds is 4. The van der Waals surface area contributed by atoms with Gasteiger partial charge in [-0.15, -0.1) is 0 Å². The highest BCUT2D eigenvalue weighted by Crippen LogP contribution is 2.45. The number of aliphatic hydroxyl groups excluding tert-OH is 1. The van der Waals surface area contributed by atoms with Crippen molar-refractivity contribution in [2.24, 2.45) is 11.1 Å². The Morgan fingerprint density at radius 1 is 1.33 bits per heavy atom. The van der Waals surface area contributed by atoms with Crippen molar-refractivity contribution in [1.29, 1.82) is 0 Å². The molecule has 0 aromatic heterocycles. The predicted molar refractivity (Wildman–Crippen MR) is 72.5 cm³/mol. The maximum Gasteiger partial charge on any atom is 0.119 e. The van der Waals surface area contributed by atoms with Gasteiger partial charge in [-0.3, -0.25) is 0 Å². The Morgan fingerprint density at radius 2 is 2.06 bits per heavy atom. The van der Waals surface area contributed by atoms with E-state index in [-0.39, 0.29) is 5.41 Å². The van der Waals surface area contributed by atoms with Crippen LogP contribution in [-0.2, 0) is 0 Å². The number of ether oxygens (including phenoxy) is 1. The minimum absolute atomic E-state index is 0.148. The summed E-state index contributed by atoms with van der Waals surface area (Å²) in [4.78, 5) is 0. The van der Waals surface area contributed by atoms with Gasteiger partial charge in [-0.1, -0.05) is 31.4 Å². The first kappa shape index (κ1) is 13.4. The van der Waals surface area contributed by atoms with E-state index in [4.69, 9.17) is 10.5 Å². The summed E-state index contributed by atoms with van der Waals surface area (Å²) in [6, 6.07) is 7.69. The van der Waals surface area contributed by atoms with Gasteiger partial charge in [0.05, 0.1) is 13.2 Å². The van der Waals surface area contributed by atoms with Gasteiger partial charge in [0.15, 0.2) is 0 Å². The molecule has 0 heterocycles. The highest BCUT2D eigenvalue weighted by Gasteiger charge is 2.38. The molecule has 1 aromatic rings. The van der Waals surface area contributed by atoms with Crippen molar-refractivity contribution >= 4 is 0 Å². The summed E-state index contributed by atoms with van der Waals surface area (Å²) in [5.41, 5.74) is 6.73. The normalized spacial score (nSPS) is 20.4. The van der Waals surface area contributed by atoms with Crippen molar-refractivity contribution in [2.45, 2.75) is 38.2 Å². The van der Waals surface area contributed by atoms with Gasteiger partial charge in [0.1, 0.15) is 5.75 Å². The Balaban J connectivity index is 2.24. The van der Waals surface area contributed by atoms with Crippen LogP contribution in [0.1, 0.15) is 43.8 Å². The molecular weight excluding hydrogens is 226 g/mol. The second kappa shape index (κ2) is 5.72. The maximum absolute atomic E-state index is 10.7. The smallest absolute Gasteiger partial charge is 0.119 e. The van der Waals surface area contributed by atoms with Crippen LogP contribution in [-0.4, -0.2) is 18.8 Å². The Morgan fingerprint density at radius 3 is 2.67 bits per heavy atom. The summed E-state index contributed by atoms with van der Waals surface area (Å²) in [7, 11) is 1.64. The van der Waals surface area contributed by atoms with Gasteiger partial charge in [0.2, 0.25) is 0 Å². The lowest BCUT2D eigenvalue weighted by molar-refractivity contribution is 0.000586. The van der Waals surface area contributed by atoms with E-state index < -0.39 is 6.10 Å². The minimum Gasteiger partial charge on any atom is -0.497 e. The lowest BCUT2D eigenvalue weighted by atomic mass is 9.68. The molecule has 1 atom stereocenters. The number of methoxy groups -OCH3 is 1. The molecule has 18 heavy (non-hydrogen) atoms. The average Bonchev–Trinajstić information content (AvgIpc) is 2.47. The van der Waals surface area contributed by atoms with E-state index in [9.17, 15) is 5.11 Å². The first-order chi connectivity index (χ1) is 8.72. The molecule has 3 nitrogen and oxygen atoms in total. The van der Waals surface area contributed by atoms with E-state index >= 15 is 0 Å². The number of aliphatic hydroxyl groups is 1. The molecular formula is C15H23NO2. The van der Waals surface area contributed by atoms with Gasteiger partial charge in [-0.2, -0.15) is 0 Å². The summed E-state index contributed by atoms with van der Waals surface area (Å²) in [6.45, 7) is 0.547. The van der Waals surface area contributed by atoms with E-state index in [1.165, 1.54) is 6.42 Å². The summed E-state index contributed by atoms with van der Waals surface area (Å²) in [6.07, 6.45) is 5.13. The number of hydrogen-bond acceptors (Lipinski definition) is 3. The van der Waals surface area contributed by atoms with Crippen molar-refractivity contribution in [3.05, 3.63) is 29.8 Å². The van der Waals surface area contributed by atoms with Crippen molar-refractivity contribution in [3.8, 4) is 5.75 Å². The molecule has 0 amide bonds. The van der Waals surface area contributed by atoms with Crippen molar-refractivity contribution in [3.63, 3.8) is 0 Å². The first-order valence-electron chi connectivity index (χ1n) is 6.74. The van der Waals surface area contributed by atoms with Crippen LogP contribution in [0.5, 0.6) is 5.75 Å². The second-order valence-corrected chi connectivity index (χ2v) is 5.31. The molecule has 0 saturated heterocycles. The van der Waals surface area contributed by atoms with Crippen LogP contribution in [0.15, 0.2) is 24.3 Å². The molecule has 1 aromatic carbocycles. The number of nitrogens with two attached hydrogens (primary N) is 1. The minimum atomic E-state index is -0.488. The van der Waals surface area contributed by atoms with Gasteiger partial charge in [-0.05, 0) is 30.5 Å². The van der Waals surface area contributed by atoms with Crippen molar-refractivity contribution in [1.82, 2.24) is 0 Å². The van der Waals surface area contributed by atoms with Crippen LogP contribution in [0.4, 0.5) is 0 Å². The Kier molecular flexibility index (Phi) is 4.25. The fourth-order valence-electron chi connectivity index (χ4n) is 3.01. The van der Waals surface area contributed by atoms with Crippen LogP contribution in [0.3, 0.4) is 0 Å². The maximum atomic E-state index is 10.7. The molecule has 0 radical (unpaired) electrons. The molecule has 1 unspecified atom stereocenters. The van der Waals surface area contributed by atoms with Gasteiger partial charge < -0.3 is 15.6 Å². The van der Waals surface area contributed by atoms with Crippen LogP contribution in [0, 0.1) is 5.41 Å². The number of benzene rings is 1. The Labute approximate surface area is 109 Å². The van der Waals surface area contributed by atoms with Crippen LogP contribution in [0.25, 0.3) is 0 Å². The lowest BCUT2D eigenvalue weighted by Crippen LogP contribution is -2.38. The van der Waals surface area contributed by atoms with E-state index in [1.54, 1.807) is 7.11 Å². The zero-order chi connectivity index (χ0) is 13.0. The highest BCUT2D eigenvalue weighted by molar-refractivity contribution is 5.31. The third-order valence-corrected chi connectivity index (χ3v) is 4.25. The van der Waals surface area contributed by atoms with Crippen molar-refractivity contribution < 1.29 is 9.84 Å². The van der Waals surface area contributed by atoms with Crippen LogP contribution >= 0.6 is 0 Å². The topological polar surface area (TPSA) is 55.5 Å². The fraction of sp³-hybridized carbons (Fsp3) is 0.600. The molecule has 0 bridgehead atoms. The molecule has 1 saturated carbocycles. The van der Waals surface area contributed by atoms with Gasteiger partial charge in [0.25, 0.3) is 0 Å². The molecule has 0 spiro atoms. The van der Waals surface area contributed by atoms with E-state index in [0.29, 0.717) is 6.54 Å². The Bertz CT molecular complexity index is 386. The molecule has 3 heteroatoms. The second-order valence-electron chi connectivity index (χ2n) is 5.31. The van der Waals surface area contributed by atoms with E-state index in [2.05, 4.69) is 0 Å². The SMILES string of the molecule is COc1cccc(C(O)C2(CN)CCCCC2)c1. The van der Waals surface area contributed by atoms with Gasteiger partial charge in [-0.25, -0.2) is 0 Å². The van der Waals surface area contributed by atoms with Crippen molar-refractivity contribution in [2.75, 3.05) is 13.7 Å². The zero-order valence-corrected chi connectivity index (χ0v) is 11.1. The van der Waals surface area contributed by atoms with Gasteiger partial charge in [0, 0.05) is 12.0 Å². The Hall–Kier alpha value is -1.06. The summed E-state index contributed by atoms with van der Waals surface area (Å²) < 4.78 is 5.22. The molecule has 0 aliphatic heterocycles. The van der Waals surface area contributed by atoms with Crippen LogP contribution < -0.4 is 10.5 Å². The summed E-state index contributed by atoms with van der Waals surface area (Å²) in [5.74, 6) is 0.787. The lowest BCUT2D eigenvalue weighted by Gasteiger charge is -2.40. The molecule has 100 valence electrons. The first-order valence-corrected chi connectivity index (χ1v) is 6.74. The van der Waals surface area contributed by atoms with E-state index in [0.717, 1.165) is 37.0 Å². The third-order valence-electron chi connectivity index (χ3n) is 4.25. The summed E-state index contributed by atoms with van der Waals surface area (Å²) in [5, 5.41) is 10.7. The van der Waals surface area contributed by atoms with Crippen LogP contribution in [0.2, 0.25) is 0 Å². The molecule has 2 rings (SSSR count). The van der Waals surface area contributed by atoms with Gasteiger partial charge >= 0.3 is 0 Å². The molecule has 1 aliphatic rings. The number of hydrogen-bond donors (Lipinski definition) is 2. The monoisotopic (exact) mass is 249 g/mol. The molecule has 3 N–H and O–H groups in total. The highest BCUT2D eigenvalue weighted by atomic mass is 16.5. The average molecular weight is 249 g/mol. The molecule has 1 fully saturated rings. The molecule has 1 aliphatic carbocycles. The zero-order valence-electron chi connectivity index (χ0n) is 11.1. The largest absolute Gasteiger partial charge is 0.497 e. The predicted octanol–water partition coefficient (Wildman–Crippen LogP) is 2.64. The standard InChI is InChI=1S/C15H23NO2/c1-18-13-7-5-6-12(10-13)14(17)15(11-16)8-3-2-4-9-15/h5-7,10,14,17H,2-4,8-9,11,16H2,1H3. The third kappa shape index (κ3) is 2.52. The van der Waals surface area contributed by atoms with E-state index in [1.807, 2.05) is 24.3 Å². The fourth-order valence-corrected chi connectivity index (χ4v) is 3.01.